The average Bonchev–Trinajstić information content (AvgIpc) is 3.20. The summed E-state index contributed by atoms with van der Waals surface area (Å²) in [4.78, 5) is 30.4. The summed E-state index contributed by atoms with van der Waals surface area (Å²) in [5.41, 5.74) is 2.25. The molecule has 2 aromatic heterocycles. The highest BCUT2D eigenvalue weighted by Gasteiger charge is 2.12. The predicted molar refractivity (Wildman–Crippen MR) is 119 cm³/mol. The highest BCUT2D eigenvalue weighted by atomic mass is 35.5. The first-order valence-electron chi connectivity index (χ1n) is 9.18. The van der Waals surface area contributed by atoms with Crippen LogP contribution in [0.3, 0.4) is 0 Å². The molecule has 30 heavy (non-hydrogen) atoms. The number of hydrogen-bond acceptors (Lipinski definition) is 5. The Morgan fingerprint density at radius 1 is 1.20 bits per heavy atom. The molecule has 0 saturated carbocycles. The topological polar surface area (TPSA) is 73.2 Å². The SMILES string of the molecule is COc1ccc(-c2cc3ncn(CC(=O)NCc4cccc(Cl)c4)c(=O)c3s2)cc1. The fourth-order valence-corrected chi connectivity index (χ4v) is 4.29. The van der Waals surface area contributed by atoms with Crippen molar-refractivity contribution < 1.29 is 9.53 Å². The number of nitrogens with one attached hydrogen (secondary N) is 1. The number of ether oxygens (including phenoxy) is 1. The number of benzene rings is 2. The Hall–Kier alpha value is -3.16. The van der Waals surface area contributed by atoms with E-state index in [1.807, 2.05) is 42.5 Å². The van der Waals surface area contributed by atoms with E-state index in [1.165, 1.54) is 22.2 Å². The van der Waals surface area contributed by atoms with Gasteiger partial charge in [0.05, 0.1) is 19.0 Å². The van der Waals surface area contributed by atoms with E-state index in [9.17, 15) is 9.59 Å². The van der Waals surface area contributed by atoms with Crippen LogP contribution in [0, 0.1) is 0 Å². The van der Waals surface area contributed by atoms with Crippen LogP contribution < -0.4 is 15.6 Å². The zero-order valence-electron chi connectivity index (χ0n) is 16.1. The van der Waals surface area contributed by atoms with Crippen LogP contribution in [-0.4, -0.2) is 22.6 Å². The molecular weight excluding hydrogens is 422 g/mol. The van der Waals surface area contributed by atoms with Gasteiger partial charge in [0.2, 0.25) is 5.91 Å². The summed E-state index contributed by atoms with van der Waals surface area (Å²) in [6.45, 7) is 0.239. The molecule has 1 amide bonds. The van der Waals surface area contributed by atoms with Crippen molar-refractivity contribution in [3.05, 3.63) is 81.9 Å². The van der Waals surface area contributed by atoms with Gasteiger partial charge < -0.3 is 10.1 Å². The number of fused-ring (bicyclic) bond motifs is 1. The number of carbonyl (C=O) groups is 1. The summed E-state index contributed by atoms with van der Waals surface area (Å²) in [6.07, 6.45) is 1.41. The maximum atomic E-state index is 12.8. The lowest BCUT2D eigenvalue weighted by Gasteiger charge is -2.07. The van der Waals surface area contributed by atoms with E-state index in [2.05, 4.69) is 10.3 Å². The van der Waals surface area contributed by atoms with Gasteiger partial charge >= 0.3 is 0 Å². The third kappa shape index (κ3) is 4.37. The van der Waals surface area contributed by atoms with Gasteiger partial charge in [-0.2, -0.15) is 0 Å². The van der Waals surface area contributed by atoms with Crippen molar-refractivity contribution in [1.29, 1.82) is 0 Å². The van der Waals surface area contributed by atoms with Crippen molar-refractivity contribution in [2.75, 3.05) is 7.11 Å². The summed E-state index contributed by atoms with van der Waals surface area (Å²) in [5.74, 6) is 0.495. The third-order valence-electron chi connectivity index (χ3n) is 4.57. The largest absolute Gasteiger partial charge is 0.497 e. The first-order chi connectivity index (χ1) is 14.5. The van der Waals surface area contributed by atoms with E-state index >= 15 is 0 Å². The Kier molecular flexibility index (Phi) is 5.83. The van der Waals surface area contributed by atoms with Crippen LogP contribution in [0.5, 0.6) is 5.75 Å². The standard InChI is InChI=1S/C22H18ClN3O3S/c1-29-17-7-5-15(6-8-17)19-10-18-21(30-19)22(28)26(13-25-18)12-20(27)24-11-14-3-2-4-16(23)9-14/h2-10,13H,11-12H2,1H3,(H,24,27). The van der Waals surface area contributed by atoms with E-state index in [0.29, 0.717) is 21.8 Å². The normalized spacial score (nSPS) is 10.9. The summed E-state index contributed by atoms with van der Waals surface area (Å²) in [5, 5.41) is 3.41. The molecule has 6 nitrogen and oxygen atoms in total. The highest BCUT2D eigenvalue weighted by Crippen LogP contribution is 2.31. The molecule has 0 radical (unpaired) electrons. The molecule has 2 aromatic carbocycles. The lowest BCUT2D eigenvalue weighted by molar-refractivity contribution is -0.121. The van der Waals surface area contributed by atoms with Gasteiger partial charge in [-0.05, 0) is 53.6 Å². The molecule has 0 unspecified atom stereocenters. The van der Waals surface area contributed by atoms with Gasteiger partial charge in [-0.15, -0.1) is 11.3 Å². The van der Waals surface area contributed by atoms with Crippen LogP contribution in [0.1, 0.15) is 5.56 Å². The minimum absolute atomic E-state index is 0.0991. The van der Waals surface area contributed by atoms with Crippen molar-refractivity contribution in [1.82, 2.24) is 14.9 Å². The van der Waals surface area contributed by atoms with Crippen LogP contribution in [0.15, 0.2) is 65.7 Å². The first-order valence-corrected chi connectivity index (χ1v) is 10.4. The Balaban J connectivity index is 1.51. The molecule has 0 bridgehead atoms. The average molecular weight is 440 g/mol. The number of rotatable bonds is 6. The molecule has 0 aliphatic heterocycles. The minimum Gasteiger partial charge on any atom is -0.497 e. The quantitative estimate of drug-likeness (QED) is 0.490. The molecule has 2 heterocycles. The lowest BCUT2D eigenvalue weighted by Crippen LogP contribution is -2.31. The van der Waals surface area contributed by atoms with Crippen LogP contribution in [0.2, 0.25) is 5.02 Å². The van der Waals surface area contributed by atoms with Crippen LogP contribution >= 0.6 is 22.9 Å². The fourth-order valence-electron chi connectivity index (χ4n) is 3.01. The Morgan fingerprint density at radius 2 is 2.00 bits per heavy atom. The van der Waals surface area contributed by atoms with Gasteiger partial charge in [0.25, 0.3) is 5.56 Å². The molecule has 0 atom stereocenters. The predicted octanol–water partition coefficient (Wildman–Crippen LogP) is 4.10. The molecule has 0 spiro atoms. The van der Waals surface area contributed by atoms with Crippen molar-refractivity contribution in [3.8, 4) is 16.2 Å². The van der Waals surface area contributed by atoms with E-state index in [1.54, 1.807) is 19.2 Å². The van der Waals surface area contributed by atoms with Gasteiger partial charge in [0.15, 0.2) is 0 Å². The molecule has 0 fully saturated rings. The fraction of sp³-hybridized carbons (Fsp3) is 0.136. The lowest BCUT2D eigenvalue weighted by atomic mass is 10.2. The molecule has 4 aromatic rings. The number of carbonyl (C=O) groups excluding carboxylic acids is 1. The van der Waals surface area contributed by atoms with Crippen molar-refractivity contribution >= 4 is 39.1 Å². The number of methoxy groups -OCH3 is 1. The molecule has 0 aliphatic rings. The maximum absolute atomic E-state index is 12.8. The Morgan fingerprint density at radius 3 is 2.73 bits per heavy atom. The second-order valence-electron chi connectivity index (χ2n) is 6.64. The number of amides is 1. The van der Waals surface area contributed by atoms with Gasteiger partial charge in [0.1, 0.15) is 17.0 Å². The molecule has 8 heteroatoms. The minimum atomic E-state index is -0.273. The molecular formula is C22H18ClN3O3S. The number of aromatic nitrogens is 2. The van der Waals surface area contributed by atoms with E-state index in [0.717, 1.165) is 21.8 Å². The van der Waals surface area contributed by atoms with E-state index in [-0.39, 0.29) is 18.0 Å². The molecule has 1 N–H and O–H groups in total. The summed E-state index contributed by atoms with van der Waals surface area (Å²) in [6, 6.07) is 16.7. The van der Waals surface area contributed by atoms with Gasteiger partial charge in [-0.3, -0.25) is 14.2 Å². The number of nitrogens with zero attached hydrogens (tertiary/aromatic N) is 2. The van der Waals surface area contributed by atoms with Crippen molar-refractivity contribution in [2.45, 2.75) is 13.1 Å². The zero-order chi connectivity index (χ0) is 21.1. The van der Waals surface area contributed by atoms with Crippen LogP contribution in [0.25, 0.3) is 20.7 Å². The second-order valence-corrected chi connectivity index (χ2v) is 8.13. The van der Waals surface area contributed by atoms with Gasteiger partial charge in [-0.1, -0.05) is 23.7 Å². The Bertz CT molecular complexity index is 1260. The molecule has 152 valence electrons. The van der Waals surface area contributed by atoms with E-state index in [4.69, 9.17) is 16.3 Å². The monoisotopic (exact) mass is 439 g/mol. The summed E-state index contributed by atoms with van der Waals surface area (Å²) < 4.78 is 7.03. The third-order valence-corrected chi connectivity index (χ3v) is 5.97. The van der Waals surface area contributed by atoms with Crippen LogP contribution in [0.4, 0.5) is 0 Å². The van der Waals surface area contributed by atoms with Crippen LogP contribution in [-0.2, 0) is 17.9 Å². The maximum Gasteiger partial charge on any atom is 0.271 e. The second kappa shape index (κ2) is 8.69. The first kappa shape index (κ1) is 20.1. The zero-order valence-corrected chi connectivity index (χ0v) is 17.7. The smallest absolute Gasteiger partial charge is 0.271 e. The number of hydrogen-bond donors (Lipinski definition) is 1. The highest BCUT2D eigenvalue weighted by molar-refractivity contribution is 7.22. The summed E-state index contributed by atoms with van der Waals surface area (Å²) >= 11 is 7.32. The Labute approximate surface area is 181 Å². The summed E-state index contributed by atoms with van der Waals surface area (Å²) in [7, 11) is 1.62. The number of thiophene rings is 1. The van der Waals surface area contributed by atoms with Crippen molar-refractivity contribution in [2.24, 2.45) is 0 Å². The van der Waals surface area contributed by atoms with Gasteiger partial charge in [-0.25, -0.2) is 4.98 Å². The van der Waals surface area contributed by atoms with Gasteiger partial charge in [0, 0.05) is 16.4 Å². The van der Waals surface area contributed by atoms with Crippen molar-refractivity contribution in [3.63, 3.8) is 0 Å². The number of halogens is 1. The molecule has 4 rings (SSSR count). The van der Waals surface area contributed by atoms with E-state index < -0.39 is 0 Å². The molecule has 0 saturated heterocycles. The molecule has 0 aliphatic carbocycles.